The molecule has 6 heteroatoms. The number of morpholine rings is 1. The first-order valence-electron chi connectivity index (χ1n) is 7.32. The standard InChI is InChI=1S/C14H25N3O3/c1-4-6-17-13(11(19-3)9-15-17)14(18)12-10-16(5-2)7-8-20-12/h9,12,14,18H,4-8,10H2,1-3H3. The number of aliphatic hydroxyl groups excluding tert-OH is 1. The molecule has 6 nitrogen and oxygen atoms in total. The summed E-state index contributed by atoms with van der Waals surface area (Å²) in [6, 6.07) is 0. The van der Waals surface area contributed by atoms with Crippen molar-refractivity contribution in [2.45, 2.75) is 39.0 Å². The maximum Gasteiger partial charge on any atom is 0.162 e. The number of aliphatic hydroxyl groups is 1. The van der Waals surface area contributed by atoms with Gasteiger partial charge in [-0.2, -0.15) is 5.10 Å². The highest BCUT2D eigenvalue weighted by Crippen LogP contribution is 2.30. The second-order valence-corrected chi connectivity index (χ2v) is 5.07. The average molecular weight is 283 g/mol. The van der Waals surface area contributed by atoms with Gasteiger partial charge in [-0.15, -0.1) is 0 Å². The van der Waals surface area contributed by atoms with Gasteiger partial charge in [0.25, 0.3) is 0 Å². The maximum atomic E-state index is 10.7. The fourth-order valence-electron chi connectivity index (χ4n) is 2.61. The molecule has 2 heterocycles. The molecule has 1 fully saturated rings. The van der Waals surface area contributed by atoms with Gasteiger partial charge in [0.15, 0.2) is 5.75 Å². The Bertz CT molecular complexity index is 422. The summed E-state index contributed by atoms with van der Waals surface area (Å²) in [6.45, 7) is 8.25. The third kappa shape index (κ3) is 3.13. The molecule has 0 radical (unpaired) electrons. The normalized spacial score (nSPS) is 21.9. The van der Waals surface area contributed by atoms with E-state index in [4.69, 9.17) is 9.47 Å². The molecule has 20 heavy (non-hydrogen) atoms. The Labute approximate surface area is 120 Å². The van der Waals surface area contributed by atoms with Gasteiger partial charge in [0.1, 0.15) is 17.9 Å². The van der Waals surface area contributed by atoms with Crippen molar-refractivity contribution in [3.05, 3.63) is 11.9 Å². The molecule has 1 N–H and O–H groups in total. The van der Waals surface area contributed by atoms with Crippen LogP contribution in [0.4, 0.5) is 0 Å². The molecular weight excluding hydrogens is 258 g/mol. The van der Waals surface area contributed by atoms with E-state index in [2.05, 4.69) is 23.8 Å². The van der Waals surface area contributed by atoms with Crippen molar-refractivity contribution in [1.82, 2.24) is 14.7 Å². The van der Waals surface area contributed by atoms with Crippen LogP contribution in [0, 0.1) is 0 Å². The molecule has 0 saturated carbocycles. The molecule has 1 aromatic rings. The first-order valence-corrected chi connectivity index (χ1v) is 7.32. The zero-order chi connectivity index (χ0) is 14.5. The topological polar surface area (TPSA) is 59.8 Å². The minimum absolute atomic E-state index is 0.232. The maximum absolute atomic E-state index is 10.7. The molecule has 2 atom stereocenters. The largest absolute Gasteiger partial charge is 0.493 e. The summed E-state index contributed by atoms with van der Waals surface area (Å²) >= 11 is 0. The Kier molecular flexibility index (Phi) is 5.39. The minimum atomic E-state index is -0.714. The van der Waals surface area contributed by atoms with Gasteiger partial charge in [0.2, 0.25) is 0 Å². The van der Waals surface area contributed by atoms with Gasteiger partial charge in [0, 0.05) is 19.6 Å². The quantitative estimate of drug-likeness (QED) is 0.846. The van der Waals surface area contributed by atoms with Crippen molar-refractivity contribution in [2.75, 3.05) is 33.4 Å². The Morgan fingerprint density at radius 3 is 3.00 bits per heavy atom. The zero-order valence-electron chi connectivity index (χ0n) is 12.6. The van der Waals surface area contributed by atoms with Crippen LogP contribution in [-0.2, 0) is 11.3 Å². The van der Waals surface area contributed by atoms with Gasteiger partial charge in [-0.25, -0.2) is 0 Å². The summed E-state index contributed by atoms with van der Waals surface area (Å²) in [5, 5.41) is 15.0. The Hall–Kier alpha value is -1.11. The van der Waals surface area contributed by atoms with E-state index < -0.39 is 6.10 Å². The van der Waals surface area contributed by atoms with Gasteiger partial charge in [-0.05, 0) is 13.0 Å². The highest BCUT2D eigenvalue weighted by Gasteiger charge is 2.31. The summed E-state index contributed by atoms with van der Waals surface area (Å²) < 4.78 is 12.9. The van der Waals surface area contributed by atoms with Crippen LogP contribution in [0.1, 0.15) is 32.1 Å². The fraction of sp³-hybridized carbons (Fsp3) is 0.786. The highest BCUT2D eigenvalue weighted by molar-refractivity contribution is 5.28. The minimum Gasteiger partial charge on any atom is -0.493 e. The molecule has 0 amide bonds. The number of rotatable bonds is 6. The van der Waals surface area contributed by atoms with Crippen LogP contribution in [0.3, 0.4) is 0 Å². The van der Waals surface area contributed by atoms with Crippen LogP contribution in [0.25, 0.3) is 0 Å². The van der Waals surface area contributed by atoms with Crippen molar-refractivity contribution >= 4 is 0 Å². The average Bonchev–Trinajstić information content (AvgIpc) is 2.89. The van der Waals surface area contributed by atoms with Crippen molar-refractivity contribution in [1.29, 1.82) is 0 Å². The predicted octanol–water partition coefficient (Wildman–Crippen LogP) is 1.06. The van der Waals surface area contributed by atoms with Crippen LogP contribution in [0.5, 0.6) is 5.75 Å². The van der Waals surface area contributed by atoms with Gasteiger partial charge < -0.3 is 14.6 Å². The van der Waals surface area contributed by atoms with E-state index in [1.165, 1.54) is 0 Å². The van der Waals surface area contributed by atoms with Crippen LogP contribution >= 0.6 is 0 Å². The highest BCUT2D eigenvalue weighted by atomic mass is 16.5. The smallest absolute Gasteiger partial charge is 0.162 e. The molecule has 1 aliphatic heterocycles. The Morgan fingerprint density at radius 2 is 2.35 bits per heavy atom. The number of hydrogen-bond acceptors (Lipinski definition) is 5. The fourth-order valence-corrected chi connectivity index (χ4v) is 2.61. The number of hydrogen-bond donors (Lipinski definition) is 1. The van der Waals surface area contributed by atoms with Crippen LogP contribution in [-0.4, -0.2) is 59.2 Å². The lowest BCUT2D eigenvalue weighted by atomic mass is 10.1. The molecule has 1 aliphatic rings. The monoisotopic (exact) mass is 283 g/mol. The van der Waals surface area contributed by atoms with Gasteiger partial charge in [-0.1, -0.05) is 13.8 Å². The second-order valence-electron chi connectivity index (χ2n) is 5.07. The van der Waals surface area contributed by atoms with E-state index in [0.29, 0.717) is 12.4 Å². The molecular formula is C14H25N3O3. The summed E-state index contributed by atoms with van der Waals surface area (Å²) in [7, 11) is 1.60. The third-order valence-corrected chi connectivity index (χ3v) is 3.76. The molecule has 1 aromatic heterocycles. The van der Waals surface area contributed by atoms with E-state index in [1.54, 1.807) is 13.3 Å². The number of aromatic nitrogens is 2. The van der Waals surface area contributed by atoms with E-state index in [9.17, 15) is 5.11 Å². The van der Waals surface area contributed by atoms with Crippen LogP contribution < -0.4 is 4.74 Å². The van der Waals surface area contributed by atoms with Crippen molar-refractivity contribution in [2.24, 2.45) is 0 Å². The van der Waals surface area contributed by atoms with Gasteiger partial charge in [-0.3, -0.25) is 9.58 Å². The number of nitrogens with zero attached hydrogens (tertiary/aromatic N) is 3. The van der Waals surface area contributed by atoms with E-state index >= 15 is 0 Å². The van der Waals surface area contributed by atoms with Gasteiger partial charge >= 0.3 is 0 Å². The second kappa shape index (κ2) is 7.06. The number of ether oxygens (including phenoxy) is 2. The molecule has 0 bridgehead atoms. The van der Waals surface area contributed by atoms with E-state index in [0.717, 1.165) is 38.3 Å². The molecule has 0 aliphatic carbocycles. The molecule has 1 saturated heterocycles. The van der Waals surface area contributed by atoms with Crippen molar-refractivity contribution < 1.29 is 14.6 Å². The number of aryl methyl sites for hydroxylation is 1. The number of likely N-dealkylation sites (N-methyl/N-ethyl adjacent to an activating group) is 1. The van der Waals surface area contributed by atoms with Crippen molar-refractivity contribution in [3.63, 3.8) is 0 Å². The molecule has 114 valence electrons. The van der Waals surface area contributed by atoms with Gasteiger partial charge in [0.05, 0.1) is 19.9 Å². The van der Waals surface area contributed by atoms with Crippen molar-refractivity contribution in [3.8, 4) is 5.75 Å². The molecule has 0 spiro atoms. The van der Waals surface area contributed by atoms with E-state index in [1.807, 2.05) is 4.68 Å². The first-order chi connectivity index (χ1) is 9.71. The molecule has 2 unspecified atom stereocenters. The molecule has 2 rings (SSSR count). The first kappa shape index (κ1) is 15.3. The summed E-state index contributed by atoms with van der Waals surface area (Å²) in [5.41, 5.74) is 0.720. The zero-order valence-corrected chi connectivity index (χ0v) is 12.6. The lowest BCUT2D eigenvalue weighted by Crippen LogP contribution is -2.45. The summed E-state index contributed by atoms with van der Waals surface area (Å²) in [4.78, 5) is 2.28. The predicted molar refractivity (Wildman–Crippen MR) is 75.9 cm³/mol. The van der Waals surface area contributed by atoms with Crippen LogP contribution in [0.15, 0.2) is 6.20 Å². The SMILES string of the molecule is CCCn1ncc(OC)c1C(O)C1CN(CC)CCO1. The molecule has 0 aromatic carbocycles. The summed E-state index contributed by atoms with van der Waals surface area (Å²) in [5.74, 6) is 0.628. The van der Waals surface area contributed by atoms with Crippen LogP contribution in [0.2, 0.25) is 0 Å². The summed E-state index contributed by atoms with van der Waals surface area (Å²) in [6.07, 6.45) is 1.67. The lowest BCUT2D eigenvalue weighted by Gasteiger charge is -2.34. The van der Waals surface area contributed by atoms with E-state index in [-0.39, 0.29) is 6.10 Å². The number of methoxy groups -OCH3 is 1. The Morgan fingerprint density at radius 1 is 1.55 bits per heavy atom. The third-order valence-electron chi connectivity index (χ3n) is 3.76. The Balaban J connectivity index is 2.18. The lowest BCUT2D eigenvalue weighted by molar-refractivity contribution is -0.0917.